The van der Waals surface area contributed by atoms with Crippen molar-refractivity contribution in [2.45, 2.75) is 26.2 Å². The summed E-state index contributed by atoms with van der Waals surface area (Å²) in [6.07, 6.45) is -0.789. The molecule has 0 fully saturated rings. The molecule has 0 atom stereocenters. The average molecular weight is 219 g/mol. The maximum atomic E-state index is 12.4. The van der Waals surface area contributed by atoms with Crippen LogP contribution in [0.2, 0.25) is 0 Å². The molecule has 0 saturated carbocycles. The first-order chi connectivity index (χ1) is 6.63. The maximum Gasteiger partial charge on any atom is 0.263 e. The van der Waals surface area contributed by atoms with Crippen LogP contribution in [0.1, 0.15) is 29.5 Å². The Hall–Kier alpha value is -0.630. The summed E-state index contributed by atoms with van der Waals surface area (Å²) in [5, 5.41) is 0. The highest BCUT2D eigenvalue weighted by molar-refractivity contribution is 6.17. The Morgan fingerprint density at radius 3 is 2.57 bits per heavy atom. The monoisotopic (exact) mass is 218 g/mol. The molecule has 0 aromatic heterocycles. The third-order valence-electron chi connectivity index (χ3n) is 2.01. The molecule has 0 aliphatic heterocycles. The third kappa shape index (κ3) is 3.26. The van der Waals surface area contributed by atoms with E-state index >= 15 is 0 Å². The quantitative estimate of drug-likeness (QED) is 0.668. The number of rotatable bonds is 4. The summed E-state index contributed by atoms with van der Waals surface area (Å²) in [5.74, 6) is 0.567. The van der Waals surface area contributed by atoms with Gasteiger partial charge >= 0.3 is 0 Å². The van der Waals surface area contributed by atoms with Crippen LogP contribution < -0.4 is 0 Å². The van der Waals surface area contributed by atoms with Crippen LogP contribution in [0.5, 0.6) is 0 Å². The number of benzene rings is 1. The van der Waals surface area contributed by atoms with Crippen molar-refractivity contribution < 1.29 is 8.78 Å². The summed E-state index contributed by atoms with van der Waals surface area (Å²) in [5.41, 5.74) is 1.93. The van der Waals surface area contributed by atoms with E-state index < -0.39 is 6.43 Å². The Morgan fingerprint density at radius 2 is 2.00 bits per heavy atom. The van der Waals surface area contributed by atoms with Crippen LogP contribution in [0, 0.1) is 6.92 Å². The van der Waals surface area contributed by atoms with Crippen molar-refractivity contribution in [1.29, 1.82) is 0 Å². The smallest absolute Gasteiger partial charge is 0.205 e. The summed E-state index contributed by atoms with van der Waals surface area (Å²) in [6, 6.07) is 5.01. The molecule has 0 heterocycles. The van der Waals surface area contributed by atoms with Crippen LogP contribution in [0.25, 0.3) is 0 Å². The van der Waals surface area contributed by atoms with E-state index in [9.17, 15) is 8.78 Å². The Labute approximate surface area is 87.9 Å². The number of halogens is 3. The second-order valence-electron chi connectivity index (χ2n) is 3.35. The topological polar surface area (TPSA) is 0 Å². The van der Waals surface area contributed by atoms with Crippen molar-refractivity contribution >= 4 is 11.6 Å². The van der Waals surface area contributed by atoms with Crippen molar-refractivity contribution in [3.8, 4) is 0 Å². The van der Waals surface area contributed by atoms with Gasteiger partial charge in [-0.05, 0) is 25.3 Å². The molecular formula is C11H13ClF2. The molecule has 0 aliphatic rings. The average Bonchev–Trinajstić information content (AvgIpc) is 2.14. The van der Waals surface area contributed by atoms with E-state index in [1.165, 1.54) is 6.07 Å². The highest BCUT2D eigenvalue weighted by Gasteiger charge is 2.08. The number of aryl methyl sites for hydroxylation is 2. The van der Waals surface area contributed by atoms with E-state index in [1.54, 1.807) is 6.07 Å². The van der Waals surface area contributed by atoms with Gasteiger partial charge in [0.05, 0.1) is 0 Å². The van der Waals surface area contributed by atoms with Gasteiger partial charge in [0.25, 0.3) is 6.43 Å². The predicted molar refractivity (Wildman–Crippen MR) is 55.2 cm³/mol. The molecule has 0 saturated heterocycles. The van der Waals surface area contributed by atoms with Gasteiger partial charge < -0.3 is 0 Å². The van der Waals surface area contributed by atoms with Crippen molar-refractivity contribution in [3.63, 3.8) is 0 Å². The summed E-state index contributed by atoms with van der Waals surface area (Å²) in [7, 11) is 0. The molecular weight excluding hydrogens is 206 g/mol. The summed E-state index contributed by atoms with van der Waals surface area (Å²) >= 11 is 5.55. The molecule has 0 radical (unpaired) electrons. The summed E-state index contributed by atoms with van der Waals surface area (Å²) in [6.45, 7) is 1.83. The zero-order chi connectivity index (χ0) is 10.6. The van der Waals surface area contributed by atoms with Crippen molar-refractivity contribution in [2.24, 2.45) is 0 Å². The van der Waals surface area contributed by atoms with Gasteiger partial charge in [0.2, 0.25) is 0 Å². The lowest BCUT2D eigenvalue weighted by atomic mass is 10.0. The standard InChI is InChI=1S/C11H13ClF2/c1-8-5-9(3-2-4-12)7-10(6-8)11(13)14/h5-7,11H,2-4H2,1H3. The van der Waals surface area contributed by atoms with Crippen molar-refractivity contribution in [3.05, 3.63) is 34.9 Å². The van der Waals surface area contributed by atoms with Gasteiger partial charge in [-0.2, -0.15) is 0 Å². The lowest BCUT2D eigenvalue weighted by Crippen LogP contribution is -1.92. The van der Waals surface area contributed by atoms with E-state index in [4.69, 9.17) is 11.6 Å². The molecule has 0 nitrogen and oxygen atoms in total. The van der Waals surface area contributed by atoms with Crippen LogP contribution in [0.4, 0.5) is 8.78 Å². The Balaban J connectivity index is 2.84. The molecule has 0 spiro atoms. The zero-order valence-corrected chi connectivity index (χ0v) is 8.82. The second kappa shape index (κ2) is 5.30. The highest BCUT2D eigenvalue weighted by Crippen LogP contribution is 2.22. The van der Waals surface area contributed by atoms with E-state index in [-0.39, 0.29) is 5.56 Å². The van der Waals surface area contributed by atoms with E-state index in [1.807, 2.05) is 13.0 Å². The minimum absolute atomic E-state index is 0.106. The fourth-order valence-corrected chi connectivity index (χ4v) is 1.57. The minimum Gasteiger partial charge on any atom is -0.205 e. The van der Waals surface area contributed by atoms with E-state index in [0.717, 1.165) is 24.0 Å². The van der Waals surface area contributed by atoms with Crippen LogP contribution >= 0.6 is 11.6 Å². The fraction of sp³-hybridized carbons (Fsp3) is 0.455. The Bertz CT molecular complexity index is 297. The Kier molecular flexibility index (Phi) is 4.33. The second-order valence-corrected chi connectivity index (χ2v) is 3.72. The van der Waals surface area contributed by atoms with Crippen LogP contribution in [0.3, 0.4) is 0 Å². The van der Waals surface area contributed by atoms with Crippen LogP contribution in [-0.2, 0) is 6.42 Å². The van der Waals surface area contributed by atoms with Crippen LogP contribution in [-0.4, -0.2) is 5.88 Å². The van der Waals surface area contributed by atoms with Gasteiger partial charge in [-0.3, -0.25) is 0 Å². The molecule has 0 amide bonds. The molecule has 0 unspecified atom stereocenters. The maximum absolute atomic E-state index is 12.4. The van der Waals surface area contributed by atoms with Gasteiger partial charge in [0, 0.05) is 11.4 Å². The largest absolute Gasteiger partial charge is 0.263 e. The lowest BCUT2D eigenvalue weighted by Gasteiger charge is -2.06. The summed E-state index contributed by atoms with van der Waals surface area (Å²) in [4.78, 5) is 0. The fourth-order valence-electron chi connectivity index (χ4n) is 1.44. The van der Waals surface area contributed by atoms with Crippen LogP contribution in [0.15, 0.2) is 18.2 Å². The zero-order valence-electron chi connectivity index (χ0n) is 8.06. The number of hydrogen-bond donors (Lipinski definition) is 0. The molecule has 78 valence electrons. The molecule has 0 N–H and O–H groups in total. The molecule has 0 bridgehead atoms. The van der Waals surface area contributed by atoms with Crippen molar-refractivity contribution in [1.82, 2.24) is 0 Å². The van der Waals surface area contributed by atoms with Gasteiger partial charge in [-0.1, -0.05) is 23.8 Å². The molecule has 3 heteroatoms. The first-order valence-electron chi connectivity index (χ1n) is 4.58. The number of hydrogen-bond acceptors (Lipinski definition) is 0. The molecule has 1 aromatic carbocycles. The normalized spacial score (nSPS) is 10.9. The highest BCUT2D eigenvalue weighted by atomic mass is 35.5. The van der Waals surface area contributed by atoms with E-state index in [2.05, 4.69) is 0 Å². The summed E-state index contributed by atoms with van der Waals surface area (Å²) < 4.78 is 24.8. The van der Waals surface area contributed by atoms with Gasteiger partial charge in [-0.25, -0.2) is 8.78 Å². The molecule has 1 rings (SSSR count). The van der Waals surface area contributed by atoms with Gasteiger partial charge in [-0.15, -0.1) is 11.6 Å². The first-order valence-corrected chi connectivity index (χ1v) is 5.11. The Morgan fingerprint density at radius 1 is 1.29 bits per heavy atom. The first kappa shape index (κ1) is 11.4. The lowest BCUT2D eigenvalue weighted by molar-refractivity contribution is 0.151. The number of alkyl halides is 3. The van der Waals surface area contributed by atoms with Crippen molar-refractivity contribution in [2.75, 3.05) is 5.88 Å². The predicted octanol–water partition coefficient (Wildman–Crippen LogP) is 4.10. The van der Waals surface area contributed by atoms with Gasteiger partial charge in [0.15, 0.2) is 0 Å². The molecule has 1 aromatic rings. The molecule has 0 aliphatic carbocycles. The minimum atomic E-state index is -2.38. The third-order valence-corrected chi connectivity index (χ3v) is 2.28. The SMILES string of the molecule is Cc1cc(CCCCl)cc(C(F)F)c1. The molecule has 14 heavy (non-hydrogen) atoms. The van der Waals surface area contributed by atoms with Gasteiger partial charge in [0.1, 0.15) is 0 Å². The van der Waals surface area contributed by atoms with E-state index in [0.29, 0.717) is 5.88 Å².